The summed E-state index contributed by atoms with van der Waals surface area (Å²) in [5.74, 6) is -0.264. The van der Waals surface area contributed by atoms with Crippen molar-refractivity contribution in [3.05, 3.63) is 36.3 Å². The number of aliphatic hydroxyl groups is 1. The summed E-state index contributed by atoms with van der Waals surface area (Å²) in [6.45, 7) is 2.25. The molecule has 0 bridgehead atoms. The number of rotatable bonds is 4. The Bertz CT molecular complexity index is 719. The SMILES string of the molecule is CC(O)CN(C)c1nn2cc(-c3ccc(F)cc3)nc2s1. The molecule has 0 amide bonds. The van der Waals surface area contributed by atoms with Crippen molar-refractivity contribution in [3.63, 3.8) is 0 Å². The van der Waals surface area contributed by atoms with Crippen LogP contribution in [0, 0.1) is 5.82 Å². The van der Waals surface area contributed by atoms with Crippen LogP contribution >= 0.6 is 11.3 Å². The standard InChI is InChI=1S/C14H15FN4OS/c1-9(20)7-18(2)14-17-19-8-12(16-13(19)21-14)10-3-5-11(15)6-4-10/h3-6,8-9,20H,7H2,1-2H3. The first-order valence-electron chi connectivity index (χ1n) is 6.54. The lowest BCUT2D eigenvalue weighted by Gasteiger charge is -2.16. The second kappa shape index (κ2) is 5.42. The van der Waals surface area contributed by atoms with E-state index in [0.717, 1.165) is 21.3 Å². The van der Waals surface area contributed by atoms with Crippen molar-refractivity contribution in [2.75, 3.05) is 18.5 Å². The number of hydrogen-bond acceptors (Lipinski definition) is 5. The Kier molecular flexibility index (Phi) is 3.60. The second-order valence-electron chi connectivity index (χ2n) is 4.97. The van der Waals surface area contributed by atoms with E-state index in [0.29, 0.717) is 6.54 Å². The van der Waals surface area contributed by atoms with Gasteiger partial charge in [0.05, 0.1) is 18.0 Å². The van der Waals surface area contributed by atoms with E-state index in [4.69, 9.17) is 0 Å². The third-order valence-electron chi connectivity index (χ3n) is 3.04. The van der Waals surface area contributed by atoms with Crippen LogP contribution in [-0.4, -0.2) is 39.4 Å². The Balaban J connectivity index is 1.89. The molecule has 1 aromatic carbocycles. The number of hydrogen-bond donors (Lipinski definition) is 1. The van der Waals surface area contributed by atoms with Crippen LogP contribution in [0.25, 0.3) is 16.2 Å². The fraction of sp³-hybridized carbons (Fsp3) is 0.286. The number of benzene rings is 1. The average molecular weight is 306 g/mol. The molecule has 0 radical (unpaired) electrons. The molecule has 1 N–H and O–H groups in total. The van der Waals surface area contributed by atoms with E-state index >= 15 is 0 Å². The maximum absolute atomic E-state index is 12.9. The lowest BCUT2D eigenvalue weighted by atomic mass is 10.2. The zero-order chi connectivity index (χ0) is 15.0. The van der Waals surface area contributed by atoms with E-state index in [1.165, 1.54) is 23.5 Å². The summed E-state index contributed by atoms with van der Waals surface area (Å²) in [4.78, 5) is 7.16. The molecule has 2 heterocycles. The van der Waals surface area contributed by atoms with Crippen LogP contribution in [0.3, 0.4) is 0 Å². The van der Waals surface area contributed by atoms with Gasteiger partial charge in [0.15, 0.2) is 0 Å². The van der Waals surface area contributed by atoms with Crippen molar-refractivity contribution in [2.45, 2.75) is 13.0 Å². The molecule has 0 saturated carbocycles. The molecular weight excluding hydrogens is 291 g/mol. The van der Waals surface area contributed by atoms with Gasteiger partial charge in [0.1, 0.15) is 5.82 Å². The van der Waals surface area contributed by atoms with Crippen molar-refractivity contribution in [3.8, 4) is 11.3 Å². The summed E-state index contributed by atoms with van der Waals surface area (Å²) < 4.78 is 14.6. The molecule has 5 nitrogen and oxygen atoms in total. The minimum atomic E-state index is -0.416. The quantitative estimate of drug-likeness (QED) is 0.804. The molecule has 0 aliphatic heterocycles. The van der Waals surface area contributed by atoms with Gasteiger partial charge in [0.25, 0.3) is 0 Å². The lowest BCUT2D eigenvalue weighted by molar-refractivity contribution is 0.201. The average Bonchev–Trinajstić information content (AvgIpc) is 2.96. The highest BCUT2D eigenvalue weighted by Gasteiger charge is 2.13. The molecule has 0 spiro atoms. The van der Waals surface area contributed by atoms with Gasteiger partial charge in [0.2, 0.25) is 10.1 Å². The van der Waals surface area contributed by atoms with E-state index in [1.54, 1.807) is 23.6 Å². The first kappa shape index (κ1) is 14.0. The van der Waals surface area contributed by atoms with Crippen LogP contribution in [0.4, 0.5) is 9.52 Å². The number of aliphatic hydroxyl groups excluding tert-OH is 1. The normalized spacial score (nSPS) is 12.8. The van der Waals surface area contributed by atoms with E-state index in [-0.39, 0.29) is 5.82 Å². The third kappa shape index (κ3) is 2.88. The molecule has 21 heavy (non-hydrogen) atoms. The van der Waals surface area contributed by atoms with E-state index < -0.39 is 6.10 Å². The van der Waals surface area contributed by atoms with E-state index in [1.807, 2.05) is 18.1 Å². The van der Waals surface area contributed by atoms with E-state index in [9.17, 15) is 9.50 Å². The van der Waals surface area contributed by atoms with Crippen LogP contribution in [0.15, 0.2) is 30.5 Å². The predicted molar refractivity (Wildman–Crippen MR) is 81.2 cm³/mol. The molecule has 2 aromatic heterocycles. The number of likely N-dealkylation sites (N-methyl/N-ethyl adjacent to an activating group) is 1. The molecule has 0 fully saturated rings. The van der Waals surface area contributed by atoms with Gasteiger partial charge in [-0.3, -0.25) is 0 Å². The number of nitrogens with zero attached hydrogens (tertiary/aromatic N) is 4. The monoisotopic (exact) mass is 306 g/mol. The maximum Gasteiger partial charge on any atom is 0.214 e. The number of anilines is 1. The zero-order valence-corrected chi connectivity index (χ0v) is 12.5. The highest BCUT2D eigenvalue weighted by Crippen LogP contribution is 2.26. The molecule has 0 saturated heterocycles. The summed E-state index contributed by atoms with van der Waals surface area (Å²) in [6.07, 6.45) is 1.40. The van der Waals surface area contributed by atoms with Crippen molar-refractivity contribution < 1.29 is 9.50 Å². The van der Waals surface area contributed by atoms with Crippen LogP contribution in [0.1, 0.15) is 6.92 Å². The molecule has 3 rings (SSSR count). The fourth-order valence-corrected chi connectivity index (χ4v) is 2.93. The number of halogens is 1. The van der Waals surface area contributed by atoms with Gasteiger partial charge in [0, 0.05) is 19.2 Å². The Morgan fingerprint density at radius 3 is 2.71 bits per heavy atom. The molecule has 3 aromatic rings. The topological polar surface area (TPSA) is 53.7 Å². The molecule has 0 aliphatic rings. The molecule has 7 heteroatoms. The van der Waals surface area contributed by atoms with Crippen LogP contribution in [-0.2, 0) is 0 Å². The summed E-state index contributed by atoms with van der Waals surface area (Å²) >= 11 is 1.45. The number of aromatic nitrogens is 3. The van der Waals surface area contributed by atoms with Crippen molar-refractivity contribution >= 4 is 21.4 Å². The molecule has 1 atom stereocenters. The third-order valence-corrected chi connectivity index (χ3v) is 4.07. The van der Waals surface area contributed by atoms with Gasteiger partial charge >= 0.3 is 0 Å². The first-order valence-corrected chi connectivity index (χ1v) is 7.36. The van der Waals surface area contributed by atoms with Gasteiger partial charge in [-0.1, -0.05) is 11.3 Å². The van der Waals surface area contributed by atoms with Crippen molar-refractivity contribution in [2.24, 2.45) is 0 Å². The number of imidazole rings is 1. The molecule has 110 valence electrons. The van der Waals surface area contributed by atoms with Gasteiger partial charge in [-0.2, -0.15) is 0 Å². The van der Waals surface area contributed by atoms with Crippen LogP contribution in [0.2, 0.25) is 0 Å². The molecular formula is C14H15FN4OS. The van der Waals surface area contributed by atoms with E-state index in [2.05, 4.69) is 10.1 Å². The van der Waals surface area contributed by atoms with Crippen LogP contribution in [0.5, 0.6) is 0 Å². The Hall–Kier alpha value is -1.99. The zero-order valence-electron chi connectivity index (χ0n) is 11.7. The highest BCUT2D eigenvalue weighted by atomic mass is 32.1. The Morgan fingerprint density at radius 2 is 2.10 bits per heavy atom. The minimum absolute atomic E-state index is 0.264. The Labute approximate surface area is 125 Å². The largest absolute Gasteiger partial charge is 0.392 e. The van der Waals surface area contributed by atoms with Gasteiger partial charge < -0.3 is 10.0 Å². The predicted octanol–water partition coefficient (Wildman–Crippen LogP) is 2.41. The summed E-state index contributed by atoms with van der Waals surface area (Å²) in [5, 5.41) is 14.6. The van der Waals surface area contributed by atoms with Crippen molar-refractivity contribution in [1.82, 2.24) is 14.6 Å². The fourth-order valence-electron chi connectivity index (χ4n) is 2.08. The smallest absolute Gasteiger partial charge is 0.214 e. The summed E-state index contributed by atoms with van der Waals surface area (Å²) in [6, 6.07) is 6.22. The first-order chi connectivity index (χ1) is 10.0. The van der Waals surface area contributed by atoms with Gasteiger partial charge in [-0.25, -0.2) is 13.9 Å². The maximum atomic E-state index is 12.9. The van der Waals surface area contributed by atoms with Crippen LogP contribution < -0.4 is 4.90 Å². The van der Waals surface area contributed by atoms with Gasteiger partial charge in [-0.15, -0.1) is 5.10 Å². The molecule has 1 unspecified atom stereocenters. The lowest BCUT2D eigenvalue weighted by Crippen LogP contribution is -2.26. The summed E-state index contributed by atoms with van der Waals surface area (Å²) in [5.41, 5.74) is 1.62. The second-order valence-corrected chi connectivity index (χ2v) is 5.91. The highest BCUT2D eigenvalue weighted by molar-refractivity contribution is 7.20. The molecule has 0 aliphatic carbocycles. The summed E-state index contributed by atoms with van der Waals surface area (Å²) in [7, 11) is 1.88. The van der Waals surface area contributed by atoms with Crippen molar-refractivity contribution in [1.29, 1.82) is 0 Å². The number of fused-ring (bicyclic) bond motifs is 1. The van der Waals surface area contributed by atoms with Gasteiger partial charge in [-0.05, 0) is 31.2 Å². The Morgan fingerprint density at radius 1 is 1.38 bits per heavy atom. The minimum Gasteiger partial charge on any atom is -0.392 e.